The molecule has 0 bridgehead atoms. The number of pyridine rings is 1. The molecule has 5 rings (SSSR count). The van der Waals surface area contributed by atoms with E-state index in [2.05, 4.69) is 10.3 Å². The van der Waals surface area contributed by atoms with Crippen LogP contribution < -0.4 is 10.5 Å². The van der Waals surface area contributed by atoms with Crippen molar-refractivity contribution in [2.75, 3.05) is 40.0 Å². The van der Waals surface area contributed by atoms with Crippen molar-refractivity contribution in [2.45, 2.75) is 56.6 Å². The number of nitrogens with one attached hydrogen (secondary N) is 1. The molecule has 1 aromatic rings. The Hall–Kier alpha value is -1.84. The summed E-state index contributed by atoms with van der Waals surface area (Å²) >= 11 is 0. The third-order valence-corrected chi connectivity index (χ3v) is 9.34. The highest BCUT2D eigenvalue weighted by atomic mass is 32.2. The Balaban J connectivity index is 1.38. The first-order valence-electron chi connectivity index (χ1n) is 12.4. The van der Waals surface area contributed by atoms with Gasteiger partial charge in [0.15, 0.2) is 0 Å². The second-order valence-electron chi connectivity index (χ2n) is 10.5. The fourth-order valence-electron chi connectivity index (χ4n) is 6.48. The number of amides is 1. The number of carbonyl (C=O) groups excluding carboxylic acids is 1. The largest absolute Gasteiger partial charge is 0.417 e. The van der Waals surface area contributed by atoms with Crippen LogP contribution in [0.5, 0.6) is 0 Å². The number of alkyl halides is 3. The molecule has 206 valence electrons. The van der Waals surface area contributed by atoms with Crippen molar-refractivity contribution < 1.29 is 35.9 Å². The van der Waals surface area contributed by atoms with Crippen molar-refractivity contribution in [3.8, 4) is 0 Å². The number of fused-ring (bicyclic) bond motifs is 2. The van der Waals surface area contributed by atoms with Gasteiger partial charge in [-0.25, -0.2) is 5.14 Å². The molecule has 10 nitrogen and oxygen atoms in total. The smallest absolute Gasteiger partial charge is 0.379 e. The number of carbonyl (C=O) groups is 1. The van der Waals surface area contributed by atoms with Gasteiger partial charge < -0.3 is 19.7 Å². The summed E-state index contributed by atoms with van der Waals surface area (Å²) in [6.07, 6.45) is -1.78. The minimum atomic E-state index is -4.53. The second-order valence-corrected chi connectivity index (χ2v) is 12.1. The second kappa shape index (κ2) is 9.72. The van der Waals surface area contributed by atoms with E-state index >= 15 is 0 Å². The number of halogens is 3. The van der Waals surface area contributed by atoms with Crippen LogP contribution in [0.15, 0.2) is 12.3 Å². The zero-order chi connectivity index (χ0) is 26.6. The highest BCUT2D eigenvalue weighted by Crippen LogP contribution is 2.51. The van der Waals surface area contributed by atoms with Crippen LogP contribution in [0.4, 0.5) is 13.2 Å². The van der Waals surface area contributed by atoms with Crippen LogP contribution in [0.2, 0.25) is 0 Å². The van der Waals surface area contributed by atoms with Crippen LogP contribution in [-0.2, 0) is 43.6 Å². The van der Waals surface area contributed by atoms with Gasteiger partial charge in [-0.2, -0.15) is 25.9 Å². The molecule has 2 saturated heterocycles. The standard InChI is InChI=1S/C23H32F3N5O5S/c1-35-20-12-36-5-3-19(20)29-17-7-16-11-31(37(27,33)34)13-22(16,8-17)21(32)30-4-2-18-14(10-30)6-15(9-28-18)23(24,25)26/h6,9,16-17,19-20,29H,2-5,7-8,10-13H2,1H3,(H2,27,33,34)/t16-,17+,19-,20+,22-/m0/s1. The number of aromatic nitrogens is 1. The summed E-state index contributed by atoms with van der Waals surface area (Å²) in [5.74, 6) is -0.510. The molecule has 14 heteroatoms. The monoisotopic (exact) mass is 547 g/mol. The lowest BCUT2D eigenvalue weighted by molar-refractivity contribution is -0.143. The average Bonchev–Trinajstić information content (AvgIpc) is 3.38. The normalized spacial score (nSPS) is 32.8. The molecule has 5 atom stereocenters. The zero-order valence-electron chi connectivity index (χ0n) is 20.5. The number of rotatable bonds is 5. The van der Waals surface area contributed by atoms with Gasteiger partial charge in [0.25, 0.3) is 10.2 Å². The van der Waals surface area contributed by atoms with Gasteiger partial charge in [-0.1, -0.05) is 0 Å². The highest BCUT2D eigenvalue weighted by molar-refractivity contribution is 7.86. The Morgan fingerprint density at radius 1 is 1.38 bits per heavy atom. The fourth-order valence-corrected chi connectivity index (χ4v) is 7.28. The van der Waals surface area contributed by atoms with E-state index < -0.39 is 27.4 Å². The first-order valence-corrected chi connectivity index (χ1v) is 13.9. The first-order chi connectivity index (χ1) is 17.4. The van der Waals surface area contributed by atoms with E-state index in [1.165, 1.54) is 0 Å². The Morgan fingerprint density at radius 3 is 2.86 bits per heavy atom. The predicted molar refractivity (Wildman–Crippen MR) is 125 cm³/mol. The number of hydrogen-bond donors (Lipinski definition) is 2. The summed E-state index contributed by atoms with van der Waals surface area (Å²) in [5.41, 5.74) is -0.960. The molecule has 4 heterocycles. The van der Waals surface area contributed by atoms with Crippen LogP contribution in [0.3, 0.4) is 0 Å². The lowest BCUT2D eigenvalue weighted by Gasteiger charge is -2.37. The molecular formula is C23H32F3N5O5S. The average molecular weight is 548 g/mol. The quantitative estimate of drug-likeness (QED) is 0.555. The number of nitrogens with two attached hydrogens (primary N) is 1. The maximum Gasteiger partial charge on any atom is 0.417 e. The number of ether oxygens (including phenoxy) is 2. The van der Waals surface area contributed by atoms with E-state index in [1.54, 1.807) is 12.0 Å². The Bertz CT molecular complexity index is 1150. The molecule has 0 radical (unpaired) electrons. The molecule has 1 saturated carbocycles. The van der Waals surface area contributed by atoms with Gasteiger partial charge in [0.1, 0.15) is 0 Å². The molecule has 1 aromatic heterocycles. The molecule has 37 heavy (non-hydrogen) atoms. The summed E-state index contributed by atoms with van der Waals surface area (Å²) in [6, 6.07) is 1.04. The summed E-state index contributed by atoms with van der Waals surface area (Å²) in [4.78, 5) is 19.6. The zero-order valence-corrected chi connectivity index (χ0v) is 21.4. The molecule has 4 aliphatic rings. The molecule has 3 N–H and O–H groups in total. The van der Waals surface area contributed by atoms with Crippen LogP contribution in [-0.4, -0.2) is 86.7 Å². The summed E-state index contributed by atoms with van der Waals surface area (Å²) in [6.45, 7) is 1.46. The van der Waals surface area contributed by atoms with Gasteiger partial charge in [0.05, 0.1) is 23.7 Å². The molecule has 1 amide bonds. The maximum absolute atomic E-state index is 14.1. The molecule has 3 fully saturated rings. The molecule has 0 aromatic carbocycles. The van der Waals surface area contributed by atoms with Gasteiger partial charge in [-0.15, -0.1) is 0 Å². The third kappa shape index (κ3) is 5.11. The lowest BCUT2D eigenvalue weighted by Crippen LogP contribution is -2.52. The van der Waals surface area contributed by atoms with Crippen molar-refractivity contribution in [3.63, 3.8) is 0 Å². The van der Waals surface area contributed by atoms with Crippen molar-refractivity contribution >= 4 is 16.1 Å². The topological polar surface area (TPSA) is 127 Å². The molecule has 0 spiro atoms. The SMILES string of the molecule is CO[C@@H]1COCC[C@@H]1N[C@@H]1C[C@H]2CN(S(N)(=O)=O)C[C@@]2(C(=O)N2CCc3ncc(C(F)(F)F)cc3C2)C1. The minimum absolute atomic E-state index is 0.00125. The van der Waals surface area contributed by atoms with Crippen LogP contribution in [0.1, 0.15) is 36.1 Å². The van der Waals surface area contributed by atoms with Crippen molar-refractivity contribution in [2.24, 2.45) is 16.5 Å². The molecule has 0 unspecified atom stereocenters. The summed E-state index contributed by atoms with van der Waals surface area (Å²) in [5, 5.41) is 9.05. The van der Waals surface area contributed by atoms with Gasteiger partial charge in [0, 0.05) is 70.3 Å². The fraction of sp³-hybridized carbons (Fsp3) is 0.739. The Kier molecular flexibility index (Phi) is 7.03. The summed E-state index contributed by atoms with van der Waals surface area (Å²) in [7, 11) is -2.38. The van der Waals surface area contributed by atoms with Gasteiger partial charge in [-0.05, 0) is 36.8 Å². The minimum Gasteiger partial charge on any atom is -0.379 e. The van der Waals surface area contributed by atoms with Gasteiger partial charge in [-0.3, -0.25) is 9.78 Å². The van der Waals surface area contributed by atoms with Crippen LogP contribution >= 0.6 is 0 Å². The van der Waals surface area contributed by atoms with Crippen molar-refractivity contribution in [1.29, 1.82) is 0 Å². The van der Waals surface area contributed by atoms with E-state index in [4.69, 9.17) is 14.6 Å². The summed E-state index contributed by atoms with van der Waals surface area (Å²) < 4.78 is 76.4. The van der Waals surface area contributed by atoms with Gasteiger partial charge in [0.2, 0.25) is 5.91 Å². The molecular weight excluding hydrogens is 515 g/mol. The van der Waals surface area contributed by atoms with Crippen molar-refractivity contribution in [3.05, 3.63) is 29.1 Å². The third-order valence-electron chi connectivity index (χ3n) is 8.34. The molecule has 3 aliphatic heterocycles. The molecule has 1 aliphatic carbocycles. The van der Waals surface area contributed by atoms with E-state index in [9.17, 15) is 26.4 Å². The van der Waals surface area contributed by atoms with Crippen LogP contribution in [0, 0.1) is 11.3 Å². The van der Waals surface area contributed by atoms with E-state index in [0.29, 0.717) is 50.3 Å². The Morgan fingerprint density at radius 2 is 2.16 bits per heavy atom. The lowest BCUT2D eigenvalue weighted by atomic mass is 9.78. The highest BCUT2D eigenvalue weighted by Gasteiger charge is 2.60. The number of nitrogens with zero attached hydrogens (tertiary/aromatic N) is 3. The van der Waals surface area contributed by atoms with Crippen molar-refractivity contribution in [1.82, 2.24) is 19.5 Å². The number of hydrogen-bond acceptors (Lipinski definition) is 7. The first kappa shape index (κ1) is 26.8. The van der Waals surface area contributed by atoms with E-state index in [0.717, 1.165) is 23.0 Å². The van der Waals surface area contributed by atoms with Crippen LogP contribution in [0.25, 0.3) is 0 Å². The van der Waals surface area contributed by atoms with E-state index in [-0.39, 0.29) is 49.6 Å². The predicted octanol–water partition coefficient (Wildman–Crippen LogP) is 0.663. The van der Waals surface area contributed by atoms with Gasteiger partial charge >= 0.3 is 6.18 Å². The number of methoxy groups -OCH3 is 1. The Labute approximate surface area is 213 Å². The van der Waals surface area contributed by atoms with E-state index in [1.807, 2.05) is 0 Å². The maximum atomic E-state index is 14.1.